The Labute approximate surface area is 207 Å². The lowest BCUT2D eigenvalue weighted by molar-refractivity contribution is -0.125. The van der Waals surface area contributed by atoms with Crippen LogP contribution in [-0.2, 0) is 11.8 Å². The Morgan fingerprint density at radius 3 is 2.80 bits per heavy atom. The highest BCUT2D eigenvalue weighted by molar-refractivity contribution is 7.17. The Kier molecular flexibility index (Phi) is 5.14. The number of carbonyl (C=O) groups is 2. The Morgan fingerprint density at radius 1 is 1.20 bits per heavy atom. The molecule has 0 unspecified atom stereocenters. The summed E-state index contributed by atoms with van der Waals surface area (Å²) < 4.78 is 4.18. The van der Waals surface area contributed by atoms with Gasteiger partial charge in [0.05, 0.1) is 15.9 Å². The summed E-state index contributed by atoms with van der Waals surface area (Å²) in [5, 5.41) is 3.09. The second kappa shape index (κ2) is 8.23. The first-order valence-electron chi connectivity index (χ1n) is 11.9. The van der Waals surface area contributed by atoms with Crippen LogP contribution in [-0.4, -0.2) is 43.9 Å². The maximum absolute atomic E-state index is 13.2. The van der Waals surface area contributed by atoms with Crippen LogP contribution in [0.25, 0.3) is 21.5 Å². The predicted molar refractivity (Wildman–Crippen MR) is 139 cm³/mol. The van der Waals surface area contributed by atoms with E-state index >= 15 is 0 Å². The third kappa shape index (κ3) is 3.78. The van der Waals surface area contributed by atoms with Crippen molar-refractivity contribution >= 4 is 40.1 Å². The van der Waals surface area contributed by atoms with Crippen molar-refractivity contribution in [3.05, 3.63) is 72.4 Å². The number of benzene rings is 1. The van der Waals surface area contributed by atoms with Gasteiger partial charge in [-0.1, -0.05) is 18.7 Å². The van der Waals surface area contributed by atoms with Crippen molar-refractivity contribution in [3.8, 4) is 10.4 Å². The molecule has 178 valence electrons. The molecular weight excluding hydrogens is 458 g/mol. The monoisotopic (exact) mass is 485 g/mol. The molecule has 1 aromatic carbocycles. The second-order valence-electron chi connectivity index (χ2n) is 9.75. The Bertz CT molecular complexity index is 1460. The van der Waals surface area contributed by atoms with Crippen molar-refractivity contribution in [2.24, 2.45) is 12.5 Å². The van der Waals surface area contributed by atoms with Gasteiger partial charge in [0, 0.05) is 49.0 Å². The number of amides is 2. The number of aryl methyl sites for hydroxylation is 1. The van der Waals surface area contributed by atoms with Crippen LogP contribution >= 0.6 is 11.3 Å². The zero-order valence-electron chi connectivity index (χ0n) is 19.6. The Morgan fingerprint density at radius 2 is 2.03 bits per heavy atom. The normalized spacial score (nSPS) is 21.4. The summed E-state index contributed by atoms with van der Waals surface area (Å²) in [6.07, 6.45) is 8.39. The molecule has 0 atom stereocenters. The molecular formula is C27H27N5O2S. The highest BCUT2D eigenvalue weighted by Crippen LogP contribution is 2.55. The smallest absolute Gasteiger partial charge is 0.268 e. The number of para-hydroxylation sites is 2. The summed E-state index contributed by atoms with van der Waals surface area (Å²) in [6, 6.07) is 14.2. The maximum Gasteiger partial charge on any atom is 0.268 e. The molecule has 1 saturated carbocycles. The van der Waals surface area contributed by atoms with Gasteiger partial charge in [-0.15, -0.1) is 11.3 Å². The highest BCUT2D eigenvalue weighted by atomic mass is 32.1. The van der Waals surface area contributed by atoms with Crippen LogP contribution in [0.4, 0.5) is 5.95 Å². The summed E-state index contributed by atoms with van der Waals surface area (Å²) in [7, 11) is 1.99. The number of fused-ring (bicyclic) bond motifs is 1. The number of hydrogen-bond acceptors (Lipinski definition) is 4. The average Bonchev–Trinajstić information content (AvgIpc) is 3.61. The first-order valence-corrected chi connectivity index (χ1v) is 12.7. The molecule has 0 radical (unpaired) electrons. The summed E-state index contributed by atoms with van der Waals surface area (Å²) in [5.41, 5.74) is 3.14. The fraction of sp³-hybridized carbons (Fsp3) is 0.296. The highest BCUT2D eigenvalue weighted by Gasteiger charge is 2.50. The Hall–Kier alpha value is -3.65. The van der Waals surface area contributed by atoms with Crippen LogP contribution < -0.4 is 5.32 Å². The Balaban J connectivity index is 1.24. The summed E-state index contributed by atoms with van der Waals surface area (Å²) in [4.78, 5) is 33.7. The number of nitrogens with zero attached hydrogens (tertiary/aromatic N) is 4. The topological polar surface area (TPSA) is 72.2 Å². The minimum atomic E-state index is -0.147. The van der Waals surface area contributed by atoms with E-state index in [1.807, 2.05) is 65.3 Å². The summed E-state index contributed by atoms with van der Waals surface area (Å²) >= 11 is 1.48. The number of imidazole rings is 1. The minimum absolute atomic E-state index is 0.0113. The van der Waals surface area contributed by atoms with Crippen molar-refractivity contribution in [1.82, 2.24) is 19.0 Å². The quantitative estimate of drug-likeness (QED) is 0.400. The van der Waals surface area contributed by atoms with E-state index in [1.54, 1.807) is 0 Å². The fourth-order valence-corrected chi connectivity index (χ4v) is 6.53. The van der Waals surface area contributed by atoms with Crippen molar-refractivity contribution < 1.29 is 9.59 Å². The molecule has 35 heavy (non-hydrogen) atoms. The van der Waals surface area contributed by atoms with E-state index in [9.17, 15) is 9.59 Å². The van der Waals surface area contributed by atoms with Gasteiger partial charge in [0.2, 0.25) is 11.9 Å². The van der Waals surface area contributed by atoms with Crippen molar-refractivity contribution in [2.45, 2.75) is 25.3 Å². The lowest BCUT2D eigenvalue weighted by atomic mass is 9.65. The van der Waals surface area contributed by atoms with Gasteiger partial charge in [-0.05, 0) is 61.1 Å². The molecule has 1 aliphatic heterocycles. The zero-order chi connectivity index (χ0) is 24.2. The van der Waals surface area contributed by atoms with Crippen molar-refractivity contribution in [3.63, 3.8) is 0 Å². The number of thiophene rings is 1. The van der Waals surface area contributed by atoms with E-state index in [0.717, 1.165) is 53.8 Å². The largest absolute Gasteiger partial charge is 0.357 e. The molecule has 8 heteroatoms. The summed E-state index contributed by atoms with van der Waals surface area (Å²) in [6.45, 7) is 5.19. The van der Waals surface area contributed by atoms with Crippen LogP contribution in [0.15, 0.2) is 67.5 Å². The predicted octanol–water partition coefficient (Wildman–Crippen LogP) is 5.10. The lowest BCUT2D eigenvalue weighted by Gasteiger charge is -2.46. The molecule has 6 rings (SSSR count). The third-order valence-electron chi connectivity index (χ3n) is 7.39. The van der Waals surface area contributed by atoms with Crippen LogP contribution in [0.2, 0.25) is 0 Å². The zero-order valence-corrected chi connectivity index (χ0v) is 20.4. The second-order valence-corrected chi connectivity index (χ2v) is 10.8. The number of anilines is 1. The third-order valence-corrected chi connectivity index (χ3v) is 8.53. The molecule has 2 fully saturated rings. The van der Waals surface area contributed by atoms with Gasteiger partial charge in [0.1, 0.15) is 0 Å². The molecule has 4 aromatic rings. The van der Waals surface area contributed by atoms with Gasteiger partial charge < -0.3 is 14.0 Å². The van der Waals surface area contributed by atoms with E-state index in [-0.39, 0.29) is 23.3 Å². The molecule has 1 saturated heterocycles. The molecule has 1 aliphatic carbocycles. The number of nitrogens with one attached hydrogen (secondary N) is 1. The van der Waals surface area contributed by atoms with Gasteiger partial charge in [-0.2, -0.15) is 0 Å². The standard InChI is InChI=1S/C27H27N5O2S/c1-3-24(33)31-13-11-27(17-31)14-19(15-27)32-21-7-5-4-6-20(21)28-26(32)29-25(34)23-9-8-22(35-23)18-10-12-30(2)16-18/h3-10,12,16,19H,1,11,13-15,17H2,2H3,(H,28,29,34). The van der Waals surface area contributed by atoms with Gasteiger partial charge in [-0.25, -0.2) is 4.98 Å². The van der Waals surface area contributed by atoms with E-state index in [1.165, 1.54) is 17.4 Å². The molecule has 2 amide bonds. The average molecular weight is 486 g/mol. The maximum atomic E-state index is 13.2. The number of carbonyl (C=O) groups excluding carboxylic acids is 2. The summed E-state index contributed by atoms with van der Waals surface area (Å²) in [5.74, 6) is 0.450. The van der Waals surface area contributed by atoms with Crippen molar-refractivity contribution in [2.75, 3.05) is 18.4 Å². The molecule has 1 spiro atoms. The first kappa shape index (κ1) is 21.9. The van der Waals surface area contributed by atoms with Crippen LogP contribution in [0, 0.1) is 5.41 Å². The van der Waals surface area contributed by atoms with Gasteiger partial charge >= 0.3 is 0 Å². The number of likely N-dealkylation sites (tertiary alicyclic amines) is 1. The van der Waals surface area contributed by atoms with Crippen molar-refractivity contribution in [1.29, 1.82) is 0 Å². The SMILES string of the molecule is C=CC(=O)N1CCC2(CC(n3c(NC(=O)c4ccc(-c5ccn(C)c5)s4)nc4ccccc43)C2)C1. The number of hydrogen-bond donors (Lipinski definition) is 1. The van der Waals surface area contributed by atoms with Gasteiger partial charge in [0.25, 0.3) is 5.91 Å². The molecule has 1 N–H and O–H groups in total. The molecule has 3 aromatic heterocycles. The van der Waals surface area contributed by atoms with E-state index in [0.29, 0.717) is 10.8 Å². The number of rotatable bonds is 5. The molecule has 0 bridgehead atoms. The van der Waals surface area contributed by atoms with Crippen LogP contribution in [0.3, 0.4) is 0 Å². The molecule has 4 heterocycles. The fourth-order valence-electron chi connectivity index (χ4n) is 5.64. The van der Waals surface area contributed by atoms with E-state index in [4.69, 9.17) is 4.98 Å². The van der Waals surface area contributed by atoms with Gasteiger partial charge in [0.15, 0.2) is 0 Å². The van der Waals surface area contributed by atoms with Crippen LogP contribution in [0.1, 0.15) is 35.0 Å². The molecule has 7 nitrogen and oxygen atoms in total. The van der Waals surface area contributed by atoms with E-state index in [2.05, 4.69) is 22.5 Å². The minimum Gasteiger partial charge on any atom is -0.357 e. The van der Waals surface area contributed by atoms with Crippen LogP contribution in [0.5, 0.6) is 0 Å². The number of aromatic nitrogens is 3. The first-order chi connectivity index (χ1) is 16.9. The van der Waals surface area contributed by atoms with Gasteiger partial charge in [-0.3, -0.25) is 14.9 Å². The lowest BCUT2D eigenvalue weighted by Crippen LogP contribution is -2.42. The molecule has 2 aliphatic rings. The van der Waals surface area contributed by atoms with E-state index < -0.39 is 0 Å².